The van der Waals surface area contributed by atoms with Crippen LogP contribution in [0.2, 0.25) is 0 Å². The molecule has 280 valence electrons. The van der Waals surface area contributed by atoms with Gasteiger partial charge in [0.25, 0.3) is 0 Å². The highest BCUT2D eigenvalue weighted by molar-refractivity contribution is 6.13. The maximum atomic E-state index is 6.81. The molecule has 11 aromatic rings. The maximum absolute atomic E-state index is 6.81. The van der Waals surface area contributed by atoms with Crippen LogP contribution in [0.15, 0.2) is 223 Å². The zero-order valence-electron chi connectivity index (χ0n) is 32.7. The van der Waals surface area contributed by atoms with Crippen LogP contribution in [0.4, 0.5) is 0 Å². The summed E-state index contributed by atoms with van der Waals surface area (Å²) in [6.07, 6.45) is 0. The first kappa shape index (κ1) is 34.3. The van der Waals surface area contributed by atoms with Crippen LogP contribution in [-0.4, -0.2) is 4.98 Å². The third-order valence-electron chi connectivity index (χ3n) is 12.4. The fourth-order valence-corrected chi connectivity index (χ4v) is 9.48. The third kappa shape index (κ3) is 5.68. The molecule has 1 aliphatic rings. The predicted molar refractivity (Wildman–Crippen MR) is 249 cm³/mol. The molecule has 0 spiro atoms. The molecule has 0 N–H and O–H groups in total. The van der Waals surface area contributed by atoms with Crippen molar-refractivity contribution in [3.63, 3.8) is 0 Å². The van der Waals surface area contributed by atoms with E-state index in [-0.39, 0.29) is 5.92 Å². The van der Waals surface area contributed by atoms with Gasteiger partial charge in [0, 0.05) is 33.2 Å². The van der Waals surface area contributed by atoms with Gasteiger partial charge in [-0.3, -0.25) is 0 Å². The van der Waals surface area contributed by atoms with Crippen molar-refractivity contribution >= 4 is 32.7 Å². The molecule has 2 aromatic heterocycles. The Hall–Kier alpha value is -7.81. The summed E-state index contributed by atoms with van der Waals surface area (Å²) in [5.41, 5.74) is 19.5. The predicted octanol–water partition coefficient (Wildman–Crippen LogP) is 15.6. The van der Waals surface area contributed by atoms with E-state index in [1.54, 1.807) is 0 Å². The van der Waals surface area contributed by atoms with E-state index >= 15 is 0 Å². The number of furan rings is 1. The number of hydrogen-bond acceptors (Lipinski definition) is 2. The van der Waals surface area contributed by atoms with Crippen molar-refractivity contribution in [3.8, 4) is 67.0 Å². The average Bonchev–Trinajstić information content (AvgIpc) is 3.86. The van der Waals surface area contributed by atoms with Gasteiger partial charge >= 0.3 is 0 Å². The molecule has 0 saturated heterocycles. The Bertz CT molecular complexity index is 3310. The van der Waals surface area contributed by atoms with Crippen molar-refractivity contribution in [3.05, 3.63) is 235 Å². The van der Waals surface area contributed by atoms with Crippen molar-refractivity contribution in [1.29, 1.82) is 0 Å². The van der Waals surface area contributed by atoms with Gasteiger partial charge in [0.05, 0.1) is 11.4 Å². The molecule has 2 nitrogen and oxygen atoms in total. The zero-order chi connectivity index (χ0) is 39.6. The molecule has 0 radical (unpaired) electrons. The van der Waals surface area contributed by atoms with Crippen LogP contribution in [-0.2, 0) is 0 Å². The molecule has 0 unspecified atom stereocenters. The van der Waals surface area contributed by atoms with Crippen LogP contribution in [0, 0.1) is 0 Å². The lowest BCUT2D eigenvalue weighted by atomic mass is 9.86. The number of benzene rings is 9. The van der Waals surface area contributed by atoms with E-state index < -0.39 is 0 Å². The smallest absolute Gasteiger partial charge is 0.136 e. The number of pyridine rings is 1. The Morgan fingerprint density at radius 2 is 0.900 bits per heavy atom. The zero-order valence-corrected chi connectivity index (χ0v) is 32.7. The van der Waals surface area contributed by atoms with Crippen LogP contribution in [0.5, 0.6) is 0 Å². The van der Waals surface area contributed by atoms with E-state index in [9.17, 15) is 0 Å². The van der Waals surface area contributed by atoms with Gasteiger partial charge in [-0.1, -0.05) is 188 Å². The number of nitrogens with zero attached hydrogens (tertiary/aromatic N) is 1. The highest BCUT2D eigenvalue weighted by atomic mass is 16.3. The lowest BCUT2D eigenvalue weighted by Crippen LogP contribution is -2.00. The summed E-state index contributed by atoms with van der Waals surface area (Å²) in [5.74, 6) is 0.0393. The Labute approximate surface area is 348 Å². The Balaban J connectivity index is 0.999. The van der Waals surface area contributed by atoms with Crippen molar-refractivity contribution < 1.29 is 4.42 Å². The van der Waals surface area contributed by atoms with E-state index in [1.165, 1.54) is 61.2 Å². The maximum Gasteiger partial charge on any atom is 0.136 e. The second kappa shape index (κ2) is 13.9. The summed E-state index contributed by atoms with van der Waals surface area (Å²) < 4.78 is 6.81. The topological polar surface area (TPSA) is 26.0 Å². The number of aromatic nitrogens is 1. The first-order valence-electron chi connectivity index (χ1n) is 20.6. The minimum atomic E-state index is 0.0393. The SMILES string of the molecule is c1ccc(-c2ccc(-c3nc(-c4cccc5oc6cc(C7c8cc(-c9ccccc9)ccc8-c8ccc(-c9ccccc9)cc87)ccc6c45)cc4ccccc34)cc2)cc1. The van der Waals surface area contributed by atoms with Crippen molar-refractivity contribution in [2.45, 2.75) is 5.92 Å². The van der Waals surface area contributed by atoms with Gasteiger partial charge in [-0.05, 0) is 96.9 Å². The minimum absolute atomic E-state index is 0.0393. The van der Waals surface area contributed by atoms with E-state index in [0.717, 1.165) is 55.2 Å². The van der Waals surface area contributed by atoms with Gasteiger partial charge in [-0.2, -0.15) is 0 Å². The van der Waals surface area contributed by atoms with Crippen LogP contribution >= 0.6 is 0 Å². The molecule has 9 aromatic carbocycles. The fraction of sp³-hybridized carbons (Fsp3) is 0.0172. The van der Waals surface area contributed by atoms with Gasteiger partial charge in [-0.25, -0.2) is 4.98 Å². The molecule has 0 atom stereocenters. The van der Waals surface area contributed by atoms with Gasteiger partial charge < -0.3 is 4.42 Å². The molecule has 1 aliphatic carbocycles. The van der Waals surface area contributed by atoms with Crippen LogP contribution in [0.25, 0.3) is 99.7 Å². The number of hydrogen-bond donors (Lipinski definition) is 0. The van der Waals surface area contributed by atoms with E-state index in [2.05, 4.69) is 218 Å². The molecule has 0 aliphatic heterocycles. The summed E-state index contributed by atoms with van der Waals surface area (Å²) in [6, 6.07) is 78.6. The molecule has 60 heavy (non-hydrogen) atoms. The van der Waals surface area contributed by atoms with Crippen LogP contribution in [0.1, 0.15) is 22.6 Å². The number of rotatable bonds is 6. The summed E-state index contributed by atoms with van der Waals surface area (Å²) in [6.45, 7) is 0. The van der Waals surface area contributed by atoms with Crippen LogP contribution in [0.3, 0.4) is 0 Å². The molecular weight excluding hydrogens is 727 g/mol. The highest BCUT2D eigenvalue weighted by Gasteiger charge is 2.31. The van der Waals surface area contributed by atoms with E-state index in [0.29, 0.717) is 0 Å². The highest BCUT2D eigenvalue weighted by Crippen LogP contribution is 2.51. The van der Waals surface area contributed by atoms with Gasteiger partial charge in [0.1, 0.15) is 11.2 Å². The van der Waals surface area contributed by atoms with Gasteiger partial charge in [0.15, 0.2) is 0 Å². The Kier molecular flexibility index (Phi) is 7.96. The molecule has 2 heterocycles. The third-order valence-corrected chi connectivity index (χ3v) is 12.4. The average molecular weight is 764 g/mol. The standard InChI is InChI=1S/C58H37NO/c1-4-13-37(14-5-1)40-23-25-41(26-24-40)58-46-20-11-10-19-44(46)35-53(59-58)49-21-12-22-54-57(49)50-32-29-45(36-55(50)60-54)56-51-33-42(38-15-6-2-7-16-38)27-30-47(51)48-31-28-43(34-52(48)56)39-17-8-3-9-18-39/h1-36,56H. The summed E-state index contributed by atoms with van der Waals surface area (Å²) in [7, 11) is 0. The quantitative estimate of drug-likeness (QED) is 0.169. The van der Waals surface area contributed by atoms with Crippen molar-refractivity contribution in [2.75, 3.05) is 0 Å². The molecule has 12 rings (SSSR count). The van der Waals surface area contributed by atoms with Crippen LogP contribution < -0.4 is 0 Å². The molecule has 0 bridgehead atoms. The summed E-state index contributed by atoms with van der Waals surface area (Å²) >= 11 is 0. The summed E-state index contributed by atoms with van der Waals surface area (Å²) in [4.78, 5) is 5.44. The largest absolute Gasteiger partial charge is 0.456 e. The van der Waals surface area contributed by atoms with E-state index in [4.69, 9.17) is 9.40 Å². The first-order valence-corrected chi connectivity index (χ1v) is 20.6. The second-order valence-corrected chi connectivity index (χ2v) is 15.8. The van der Waals surface area contributed by atoms with Gasteiger partial charge in [0.2, 0.25) is 0 Å². The number of fused-ring (bicyclic) bond motifs is 7. The normalized spacial score (nSPS) is 12.3. The second-order valence-electron chi connectivity index (χ2n) is 15.8. The molecular formula is C58H37NO. The fourth-order valence-electron chi connectivity index (χ4n) is 9.48. The first-order chi connectivity index (χ1) is 29.7. The monoisotopic (exact) mass is 763 g/mol. The van der Waals surface area contributed by atoms with Gasteiger partial charge in [-0.15, -0.1) is 0 Å². The lowest BCUT2D eigenvalue weighted by Gasteiger charge is -2.16. The molecule has 2 heteroatoms. The molecule has 0 fully saturated rings. The molecule has 0 saturated carbocycles. The van der Waals surface area contributed by atoms with Crippen molar-refractivity contribution in [2.24, 2.45) is 0 Å². The Morgan fingerprint density at radius 3 is 1.55 bits per heavy atom. The molecule has 0 amide bonds. The summed E-state index contributed by atoms with van der Waals surface area (Å²) in [5, 5.41) is 4.45. The minimum Gasteiger partial charge on any atom is -0.456 e. The Morgan fingerprint density at radius 1 is 0.350 bits per heavy atom. The lowest BCUT2D eigenvalue weighted by molar-refractivity contribution is 0.668. The van der Waals surface area contributed by atoms with E-state index in [1.807, 2.05) is 0 Å². The van der Waals surface area contributed by atoms with Crippen molar-refractivity contribution in [1.82, 2.24) is 4.98 Å².